The fraction of sp³-hybridized carbons (Fsp3) is 0.133. The second-order valence-corrected chi connectivity index (χ2v) is 4.64. The standard InChI is InChI=1S/C15H11F3N4/c16-15(17,18)10-5-3-9(4-6-10)13-14-11(2-1-7-20-14)21-12(8-19)22-13/h1-7H,8,19H2. The van der Waals surface area contributed by atoms with Gasteiger partial charge >= 0.3 is 6.18 Å². The van der Waals surface area contributed by atoms with Crippen LogP contribution in [-0.2, 0) is 12.7 Å². The van der Waals surface area contributed by atoms with Gasteiger partial charge in [0, 0.05) is 11.8 Å². The zero-order valence-corrected chi connectivity index (χ0v) is 11.3. The molecule has 4 nitrogen and oxygen atoms in total. The van der Waals surface area contributed by atoms with E-state index in [1.165, 1.54) is 12.1 Å². The second kappa shape index (κ2) is 5.34. The topological polar surface area (TPSA) is 64.7 Å². The van der Waals surface area contributed by atoms with Crippen LogP contribution in [0.3, 0.4) is 0 Å². The molecule has 2 aromatic heterocycles. The third kappa shape index (κ3) is 2.62. The summed E-state index contributed by atoms with van der Waals surface area (Å²) in [6.07, 6.45) is -2.78. The van der Waals surface area contributed by atoms with Crippen LogP contribution in [0.15, 0.2) is 42.6 Å². The molecule has 7 heteroatoms. The lowest BCUT2D eigenvalue weighted by atomic mass is 10.1. The van der Waals surface area contributed by atoms with Crippen molar-refractivity contribution >= 4 is 11.0 Å². The molecular formula is C15H11F3N4. The van der Waals surface area contributed by atoms with E-state index in [9.17, 15) is 13.2 Å². The van der Waals surface area contributed by atoms with Crippen LogP contribution in [0.25, 0.3) is 22.3 Å². The third-order valence-electron chi connectivity index (χ3n) is 3.17. The lowest BCUT2D eigenvalue weighted by molar-refractivity contribution is -0.137. The number of pyridine rings is 1. The summed E-state index contributed by atoms with van der Waals surface area (Å²) < 4.78 is 37.9. The summed E-state index contributed by atoms with van der Waals surface area (Å²) in [5.74, 6) is 0.412. The molecule has 2 N–H and O–H groups in total. The van der Waals surface area contributed by atoms with Gasteiger partial charge < -0.3 is 5.73 Å². The Morgan fingerprint density at radius 3 is 2.36 bits per heavy atom. The van der Waals surface area contributed by atoms with E-state index in [4.69, 9.17) is 5.73 Å². The van der Waals surface area contributed by atoms with Gasteiger partial charge in [0.1, 0.15) is 17.0 Å². The zero-order valence-electron chi connectivity index (χ0n) is 11.3. The number of aromatic nitrogens is 3. The molecule has 0 spiro atoms. The number of hydrogen-bond donors (Lipinski definition) is 1. The molecule has 0 aliphatic heterocycles. The van der Waals surface area contributed by atoms with E-state index in [0.717, 1.165) is 12.1 Å². The molecule has 3 rings (SSSR count). The minimum absolute atomic E-state index is 0.137. The first-order valence-electron chi connectivity index (χ1n) is 6.48. The van der Waals surface area contributed by atoms with Gasteiger partial charge in [-0.15, -0.1) is 0 Å². The normalized spacial score (nSPS) is 11.8. The van der Waals surface area contributed by atoms with Crippen molar-refractivity contribution in [2.75, 3.05) is 0 Å². The van der Waals surface area contributed by atoms with Crippen LogP contribution in [0.1, 0.15) is 11.4 Å². The predicted octanol–water partition coefficient (Wildman–Crippen LogP) is 3.17. The van der Waals surface area contributed by atoms with Crippen LogP contribution in [0.5, 0.6) is 0 Å². The van der Waals surface area contributed by atoms with Crippen molar-refractivity contribution in [1.29, 1.82) is 0 Å². The minimum atomic E-state index is -4.37. The van der Waals surface area contributed by atoms with Gasteiger partial charge in [-0.05, 0) is 24.3 Å². The first kappa shape index (κ1) is 14.4. The highest BCUT2D eigenvalue weighted by Gasteiger charge is 2.30. The first-order valence-corrected chi connectivity index (χ1v) is 6.48. The van der Waals surface area contributed by atoms with Gasteiger partial charge in [-0.1, -0.05) is 12.1 Å². The summed E-state index contributed by atoms with van der Waals surface area (Å²) in [7, 11) is 0. The Morgan fingerprint density at radius 1 is 1.00 bits per heavy atom. The number of fused-ring (bicyclic) bond motifs is 1. The molecule has 1 aromatic carbocycles. The molecule has 0 fully saturated rings. The molecule has 2 heterocycles. The Labute approximate surface area is 123 Å². The van der Waals surface area contributed by atoms with Crippen molar-refractivity contribution in [1.82, 2.24) is 15.0 Å². The molecule has 0 unspecified atom stereocenters. The zero-order chi connectivity index (χ0) is 15.7. The molecule has 0 amide bonds. The van der Waals surface area contributed by atoms with Crippen LogP contribution < -0.4 is 5.73 Å². The number of halogens is 3. The fourth-order valence-corrected chi connectivity index (χ4v) is 2.13. The van der Waals surface area contributed by atoms with Crippen LogP contribution in [0.2, 0.25) is 0 Å². The Bertz CT molecular complexity index is 813. The Balaban J connectivity index is 2.17. The van der Waals surface area contributed by atoms with Crippen LogP contribution in [0, 0.1) is 0 Å². The number of nitrogens with two attached hydrogens (primary N) is 1. The van der Waals surface area contributed by atoms with Crippen LogP contribution >= 0.6 is 0 Å². The van der Waals surface area contributed by atoms with Crippen molar-refractivity contribution in [3.8, 4) is 11.3 Å². The molecule has 22 heavy (non-hydrogen) atoms. The maximum absolute atomic E-state index is 12.6. The van der Waals surface area contributed by atoms with E-state index in [-0.39, 0.29) is 6.54 Å². The fourth-order valence-electron chi connectivity index (χ4n) is 2.13. The summed E-state index contributed by atoms with van der Waals surface area (Å²) in [6, 6.07) is 8.28. The van der Waals surface area contributed by atoms with Crippen molar-refractivity contribution in [2.24, 2.45) is 5.73 Å². The van der Waals surface area contributed by atoms with E-state index in [0.29, 0.717) is 28.1 Å². The third-order valence-corrected chi connectivity index (χ3v) is 3.17. The molecule has 0 bridgehead atoms. The second-order valence-electron chi connectivity index (χ2n) is 4.64. The maximum atomic E-state index is 12.6. The Morgan fingerprint density at radius 2 is 1.73 bits per heavy atom. The van der Waals surface area contributed by atoms with Gasteiger partial charge in [-0.2, -0.15) is 13.2 Å². The molecule has 0 aliphatic rings. The van der Waals surface area contributed by atoms with Crippen LogP contribution in [0.4, 0.5) is 13.2 Å². The maximum Gasteiger partial charge on any atom is 0.416 e. The lowest BCUT2D eigenvalue weighted by Gasteiger charge is -2.09. The molecule has 3 aromatic rings. The van der Waals surface area contributed by atoms with Gasteiger partial charge in [0.15, 0.2) is 0 Å². The van der Waals surface area contributed by atoms with E-state index in [1.54, 1.807) is 18.3 Å². The highest BCUT2D eigenvalue weighted by molar-refractivity contribution is 5.88. The van der Waals surface area contributed by atoms with Gasteiger partial charge in [0.05, 0.1) is 17.6 Å². The van der Waals surface area contributed by atoms with E-state index >= 15 is 0 Å². The number of nitrogens with zero attached hydrogens (tertiary/aromatic N) is 3. The monoisotopic (exact) mass is 304 g/mol. The molecule has 112 valence electrons. The number of rotatable bonds is 2. The highest BCUT2D eigenvalue weighted by atomic mass is 19.4. The number of alkyl halides is 3. The van der Waals surface area contributed by atoms with Crippen molar-refractivity contribution in [3.63, 3.8) is 0 Å². The first-order chi connectivity index (χ1) is 10.5. The van der Waals surface area contributed by atoms with Gasteiger partial charge in [0.2, 0.25) is 0 Å². The van der Waals surface area contributed by atoms with Crippen molar-refractivity contribution in [2.45, 2.75) is 12.7 Å². The summed E-state index contributed by atoms with van der Waals surface area (Å²) >= 11 is 0. The quantitative estimate of drug-likeness (QED) is 0.790. The molecular weight excluding hydrogens is 293 g/mol. The van der Waals surface area contributed by atoms with Gasteiger partial charge in [0.25, 0.3) is 0 Å². The number of hydrogen-bond acceptors (Lipinski definition) is 4. The average Bonchev–Trinajstić information content (AvgIpc) is 2.53. The van der Waals surface area contributed by atoms with Crippen LogP contribution in [-0.4, -0.2) is 15.0 Å². The van der Waals surface area contributed by atoms with E-state index in [1.807, 2.05) is 0 Å². The predicted molar refractivity (Wildman–Crippen MR) is 75.7 cm³/mol. The SMILES string of the molecule is NCc1nc(-c2ccc(C(F)(F)F)cc2)c2ncccc2n1. The molecule has 0 radical (unpaired) electrons. The summed E-state index contributed by atoms with van der Waals surface area (Å²) in [5, 5.41) is 0. The van der Waals surface area contributed by atoms with Crippen molar-refractivity contribution in [3.05, 3.63) is 54.0 Å². The van der Waals surface area contributed by atoms with Gasteiger partial charge in [-0.25, -0.2) is 9.97 Å². The summed E-state index contributed by atoms with van der Waals surface area (Å²) in [4.78, 5) is 12.8. The highest BCUT2D eigenvalue weighted by Crippen LogP contribution is 2.31. The molecule has 0 atom stereocenters. The number of benzene rings is 1. The lowest BCUT2D eigenvalue weighted by Crippen LogP contribution is -2.06. The minimum Gasteiger partial charge on any atom is -0.324 e. The Hall–Kier alpha value is -2.54. The smallest absolute Gasteiger partial charge is 0.324 e. The molecule has 0 saturated heterocycles. The average molecular weight is 304 g/mol. The molecule has 0 aliphatic carbocycles. The Kier molecular flexibility index (Phi) is 3.50. The van der Waals surface area contributed by atoms with E-state index < -0.39 is 11.7 Å². The summed E-state index contributed by atoms with van der Waals surface area (Å²) in [5.41, 5.74) is 7.01. The van der Waals surface area contributed by atoms with Crippen molar-refractivity contribution < 1.29 is 13.2 Å². The van der Waals surface area contributed by atoms with E-state index in [2.05, 4.69) is 15.0 Å². The largest absolute Gasteiger partial charge is 0.416 e. The van der Waals surface area contributed by atoms with Gasteiger partial charge in [-0.3, -0.25) is 4.98 Å². The summed E-state index contributed by atoms with van der Waals surface area (Å²) in [6.45, 7) is 0.137. The molecule has 0 saturated carbocycles.